The van der Waals surface area contributed by atoms with Crippen LogP contribution in [0.4, 0.5) is 5.69 Å². The van der Waals surface area contributed by atoms with Crippen LogP contribution < -0.4 is 10.2 Å². The molecule has 0 aliphatic rings. The van der Waals surface area contributed by atoms with Crippen molar-refractivity contribution in [3.05, 3.63) is 95.7 Å². The monoisotopic (exact) mass is 474 g/mol. The minimum absolute atomic E-state index is 0.133. The van der Waals surface area contributed by atoms with Gasteiger partial charge in [0.25, 0.3) is 5.91 Å². The second kappa shape index (κ2) is 10.4. The molecule has 2 amide bonds. The SMILES string of the molecule is Cc1ccc(-n2ccnc2SCC(=O)N(C)c2ccccc2C(=O)NCc2ccco2)cc1C. The Morgan fingerprint density at radius 1 is 1.09 bits per heavy atom. The summed E-state index contributed by atoms with van der Waals surface area (Å²) in [6.45, 7) is 4.42. The van der Waals surface area contributed by atoms with E-state index in [1.807, 2.05) is 22.9 Å². The first-order valence-corrected chi connectivity index (χ1v) is 11.8. The van der Waals surface area contributed by atoms with E-state index in [0.717, 1.165) is 10.8 Å². The molecule has 1 N–H and O–H groups in total. The van der Waals surface area contributed by atoms with Gasteiger partial charge in [-0.2, -0.15) is 0 Å². The molecule has 4 aromatic rings. The van der Waals surface area contributed by atoms with Crippen molar-refractivity contribution in [2.45, 2.75) is 25.5 Å². The highest BCUT2D eigenvalue weighted by molar-refractivity contribution is 7.99. The maximum absolute atomic E-state index is 13.0. The van der Waals surface area contributed by atoms with Gasteiger partial charge in [-0.3, -0.25) is 14.2 Å². The predicted molar refractivity (Wildman–Crippen MR) is 133 cm³/mol. The average Bonchev–Trinajstić information content (AvgIpc) is 3.54. The Morgan fingerprint density at radius 3 is 2.68 bits per heavy atom. The molecule has 8 heteroatoms. The minimum atomic E-state index is -0.274. The number of aryl methyl sites for hydroxylation is 2. The fourth-order valence-corrected chi connectivity index (χ4v) is 4.35. The Kier molecular flexibility index (Phi) is 7.18. The molecule has 0 fully saturated rings. The molecule has 0 radical (unpaired) electrons. The van der Waals surface area contributed by atoms with Crippen molar-refractivity contribution in [2.75, 3.05) is 17.7 Å². The number of carbonyl (C=O) groups is 2. The maximum atomic E-state index is 13.0. The summed E-state index contributed by atoms with van der Waals surface area (Å²) in [6, 6.07) is 16.8. The Balaban J connectivity index is 1.44. The molecule has 0 atom stereocenters. The summed E-state index contributed by atoms with van der Waals surface area (Å²) >= 11 is 1.36. The zero-order valence-electron chi connectivity index (χ0n) is 19.3. The van der Waals surface area contributed by atoms with Gasteiger partial charge in [-0.15, -0.1) is 0 Å². The highest BCUT2D eigenvalue weighted by Gasteiger charge is 2.19. The first kappa shape index (κ1) is 23.4. The van der Waals surface area contributed by atoms with E-state index in [4.69, 9.17) is 4.42 Å². The molecule has 34 heavy (non-hydrogen) atoms. The largest absolute Gasteiger partial charge is 0.467 e. The van der Waals surface area contributed by atoms with Gasteiger partial charge in [0.15, 0.2) is 5.16 Å². The van der Waals surface area contributed by atoms with Crippen molar-refractivity contribution in [2.24, 2.45) is 0 Å². The number of nitrogens with one attached hydrogen (secondary N) is 1. The quantitative estimate of drug-likeness (QED) is 0.372. The van der Waals surface area contributed by atoms with Gasteiger partial charge in [0.2, 0.25) is 5.91 Å². The summed E-state index contributed by atoms with van der Waals surface area (Å²) in [5.74, 6) is 0.433. The van der Waals surface area contributed by atoms with Crippen LogP contribution in [-0.4, -0.2) is 34.2 Å². The molecule has 0 bridgehead atoms. The summed E-state index contributed by atoms with van der Waals surface area (Å²) in [5, 5.41) is 3.57. The van der Waals surface area contributed by atoms with Crippen LogP contribution >= 0.6 is 11.8 Å². The molecule has 0 spiro atoms. The van der Waals surface area contributed by atoms with E-state index in [2.05, 4.69) is 36.3 Å². The van der Waals surface area contributed by atoms with Gasteiger partial charge in [-0.25, -0.2) is 4.98 Å². The summed E-state index contributed by atoms with van der Waals surface area (Å²) in [6.07, 6.45) is 5.18. The number of aromatic nitrogens is 2. The fourth-order valence-electron chi connectivity index (χ4n) is 3.46. The van der Waals surface area contributed by atoms with Crippen LogP contribution in [-0.2, 0) is 11.3 Å². The van der Waals surface area contributed by atoms with Crippen molar-refractivity contribution in [3.8, 4) is 5.69 Å². The molecule has 174 valence electrons. The van der Waals surface area contributed by atoms with Gasteiger partial charge in [-0.1, -0.05) is 30.0 Å². The zero-order valence-corrected chi connectivity index (χ0v) is 20.1. The van der Waals surface area contributed by atoms with E-state index in [1.54, 1.807) is 49.8 Å². The third-order valence-electron chi connectivity index (χ3n) is 5.59. The summed E-state index contributed by atoms with van der Waals surface area (Å²) < 4.78 is 7.24. The van der Waals surface area contributed by atoms with Gasteiger partial charge < -0.3 is 14.6 Å². The third-order valence-corrected chi connectivity index (χ3v) is 6.54. The number of carbonyl (C=O) groups excluding carboxylic acids is 2. The Morgan fingerprint density at radius 2 is 1.91 bits per heavy atom. The van der Waals surface area contributed by atoms with Crippen molar-refractivity contribution in [1.29, 1.82) is 0 Å². The van der Waals surface area contributed by atoms with E-state index >= 15 is 0 Å². The molecule has 0 aliphatic heterocycles. The van der Waals surface area contributed by atoms with Crippen LogP contribution in [0.5, 0.6) is 0 Å². The predicted octanol–water partition coefficient (Wildman–Crippen LogP) is 4.77. The standard InChI is InChI=1S/C26H26N4O3S/c1-18-10-11-20(15-19(18)2)30-13-12-27-26(30)34-17-24(31)29(3)23-9-5-4-8-22(23)25(32)28-16-21-7-6-14-33-21/h4-15H,16-17H2,1-3H3,(H,28,32). The van der Waals surface area contributed by atoms with E-state index in [1.165, 1.54) is 27.8 Å². The number of furan rings is 1. The lowest BCUT2D eigenvalue weighted by atomic mass is 10.1. The zero-order chi connectivity index (χ0) is 24.1. The normalized spacial score (nSPS) is 10.8. The second-order valence-electron chi connectivity index (χ2n) is 7.87. The molecule has 2 heterocycles. The molecule has 2 aromatic carbocycles. The molecule has 4 rings (SSSR count). The van der Waals surface area contributed by atoms with Crippen LogP contribution in [0.15, 0.2) is 82.8 Å². The van der Waals surface area contributed by atoms with Gasteiger partial charge in [0.05, 0.1) is 29.8 Å². The first-order valence-electron chi connectivity index (χ1n) is 10.8. The van der Waals surface area contributed by atoms with Crippen LogP contribution in [0.25, 0.3) is 5.69 Å². The topological polar surface area (TPSA) is 80.4 Å². The van der Waals surface area contributed by atoms with Crippen LogP contribution in [0.3, 0.4) is 0 Å². The smallest absolute Gasteiger partial charge is 0.253 e. The van der Waals surface area contributed by atoms with Crippen LogP contribution in [0, 0.1) is 13.8 Å². The van der Waals surface area contributed by atoms with E-state index in [9.17, 15) is 9.59 Å². The lowest BCUT2D eigenvalue weighted by Crippen LogP contribution is -2.31. The number of nitrogens with zero attached hydrogens (tertiary/aromatic N) is 3. The van der Waals surface area contributed by atoms with Crippen molar-refractivity contribution in [3.63, 3.8) is 0 Å². The Hall–Kier alpha value is -3.78. The number of rotatable bonds is 8. The summed E-state index contributed by atoms with van der Waals surface area (Å²) in [4.78, 5) is 31.7. The third kappa shape index (κ3) is 5.23. The number of anilines is 1. The number of amides is 2. The molecule has 0 saturated heterocycles. The van der Waals surface area contributed by atoms with Gasteiger partial charge in [0, 0.05) is 25.1 Å². The number of hydrogen-bond acceptors (Lipinski definition) is 5. The van der Waals surface area contributed by atoms with E-state index in [-0.39, 0.29) is 24.1 Å². The number of benzene rings is 2. The number of para-hydroxylation sites is 1. The number of thioether (sulfide) groups is 1. The van der Waals surface area contributed by atoms with E-state index in [0.29, 0.717) is 17.0 Å². The molecule has 0 unspecified atom stereocenters. The molecule has 0 aliphatic carbocycles. The maximum Gasteiger partial charge on any atom is 0.253 e. The van der Waals surface area contributed by atoms with Crippen LogP contribution in [0.1, 0.15) is 27.2 Å². The number of hydrogen-bond donors (Lipinski definition) is 1. The average molecular weight is 475 g/mol. The highest BCUT2D eigenvalue weighted by Crippen LogP contribution is 2.25. The van der Waals surface area contributed by atoms with Crippen molar-refractivity contribution >= 4 is 29.3 Å². The fraction of sp³-hybridized carbons (Fsp3) is 0.192. The van der Waals surface area contributed by atoms with Crippen LogP contribution in [0.2, 0.25) is 0 Å². The Labute approximate surface area is 202 Å². The summed E-state index contributed by atoms with van der Waals surface area (Å²) in [5.41, 5.74) is 4.39. The lowest BCUT2D eigenvalue weighted by Gasteiger charge is -2.20. The number of imidazole rings is 1. The first-order chi connectivity index (χ1) is 16.4. The second-order valence-corrected chi connectivity index (χ2v) is 8.81. The minimum Gasteiger partial charge on any atom is -0.467 e. The van der Waals surface area contributed by atoms with Crippen molar-refractivity contribution in [1.82, 2.24) is 14.9 Å². The highest BCUT2D eigenvalue weighted by atomic mass is 32.2. The molecule has 0 saturated carbocycles. The van der Waals surface area contributed by atoms with Crippen molar-refractivity contribution < 1.29 is 14.0 Å². The Bertz CT molecular complexity index is 1300. The van der Waals surface area contributed by atoms with Gasteiger partial charge in [0.1, 0.15) is 5.76 Å². The molecular formula is C26H26N4O3S. The molecular weight excluding hydrogens is 448 g/mol. The van der Waals surface area contributed by atoms with E-state index < -0.39 is 0 Å². The summed E-state index contributed by atoms with van der Waals surface area (Å²) in [7, 11) is 1.68. The van der Waals surface area contributed by atoms with Gasteiger partial charge in [-0.05, 0) is 61.4 Å². The molecule has 2 aromatic heterocycles. The van der Waals surface area contributed by atoms with Gasteiger partial charge >= 0.3 is 0 Å². The molecule has 7 nitrogen and oxygen atoms in total. The lowest BCUT2D eigenvalue weighted by molar-refractivity contribution is -0.115.